The summed E-state index contributed by atoms with van der Waals surface area (Å²) in [7, 11) is 0. The SMILES string of the molecule is CCCCN(CC(N)=O)c1nc(NCC)c(F)cc1F. The molecule has 1 amide bonds. The van der Waals surface area contributed by atoms with Gasteiger partial charge in [-0.05, 0) is 13.3 Å². The molecular weight excluding hydrogens is 266 g/mol. The molecule has 1 heterocycles. The van der Waals surface area contributed by atoms with Gasteiger partial charge in [0.1, 0.15) is 0 Å². The van der Waals surface area contributed by atoms with Gasteiger partial charge in [-0.2, -0.15) is 0 Å². The molecule has 20 heavy (non-hydrogen) atoms. The minimum absolute atomic E-state index is 0.0325. The van der Waals surface area contributed by atoms with Crippen LogP contribution in [0.25, 0.3) is 0 Å². The number of hydrogen-bond acceptors (Lipinski definition) is 4. The highest BCUT2D eigenvalue weighted by Crippen LogP contribution is 2.22. The Morgan fingerprint density at radius 1 is 1.40 bits per heavy atom. The van der Waals surface area contributed by atoms with Gasteiger partial charge in [0, 0.05) is 19.2 Å². The van der Waals surface area contributed by atoms with Gasteiger partial charge in [-0.15, -0.1) is 0 Å². The van der Waals surface area contributed by atoms with E-state index in [-0.39, 0.29) is 18.2 Å². The molecule has 5 nitrogen and oxygen atoms in total. The van der Waals surface area contributed by atoms with Gasteiger partial charge in [-0.1, -0.05) is 13.3 Å². The summed E-state index contributed by atoms with van der Waals surface area (Å²) < 4.78 is 27.4. The first-order valence-corrected chi connectivity index (χ1v) is 6.62. The molecule has 112 valence electrons. The molecule has 1 aromatic rings. The van der Waals surface area contributed by atoms with E-state index in [1.165, 1.54) is 4.90 Å². The number of rotatable bonds is 8. The molecule has 0 saturated carbocycles. The first-order valence-electron chi connectivity index (χ1n) is 6.62. The second-order valence-corrected chi connectivity index (χ2v) is 4.40. The molecule has 0 aromatic carbocycles. The summed E-state index contributed by atoms with van der Waals surface area (Å²) in [5, 5.41) is 2.71. The molecule has 0 fully saturated rings. The maximum absolute atomic E-state index is 13.9. The minimum atomic E-state index is -0.804. The number of unbranched alkanes of at least 4 members (excludes halogenated alkanes) is 1. The number of hydrogen-bond donors (Lipinski definition) is 2. The third kappa shape index (κ3) is 4.32. The van der Waals surface area contributed by atoms with Crippen molar-refractivity contribution in [2.75, 3.05) is 29.9 Å². The first kappa shape index (κ1) is 16.1. The predicted octanol–water partition coefficient (Wildman–Crippen LogP) is 1.88. The van der Waals surface area contributed by atoms with E-state index in [1.807, 2.05) is 6.92 Å². The Labute approximate surface area is 117 Å². The van der Waals surface area contributed by atoms with Crippen molar-refractivity contribution in [3.63, 3.8) is 0 Å². The molecule has 0 atom stereocenters. The van der Waals surface area contributed by atoms with Gasteiger partial charge in [0.2, 0.25) is 5.91 Å². The average molecular weight is 286 g/mol. The lowest BCUT2D eigenvalue weighted by Crippen LogP contribution is -2.35. The summed E-state index contributed by atoms with van der Waals surface area (Å²) in [6.07, 6.45) is 1.63. The fourth-order valence-electron chi connectivity index (χ4n) is 1.77. The van der Waals surface area contributed by atoms with Crippen LogP contribution in [0.4, 0.5) is 20.4 Å². The Balaban J connectivity index is 3.09. The lowest BCUT2D eigenvalue weighted by atomic mass is 10.3. The lowest BCUT2D eigenvalue weighted by Gasteiger charge is -2.23. The van der Waals surface area contributed by atoms with E-state index in [2.05, 4.69) is 10.3 Å². The maximum atomic E-state index is 13.9. The Bertz CT molecular complexity index is 468. The van der Waals surface area contributed by atoms with Gasteiger partial charge in [0.05, 0.1) is 6.54 Å². The molecule has 0 radical (unpaired) electrons. The van der Waals surface area contributed by atoms with Crippen molar-refractivity contribution < 1.29 is 13.6 Å². The highest BCUT2D eigenvalue weighted by molar-refractivity contribution is 5.79. The molecule has 3 N–H and O–H groups in total. The van der Waals surface area contributed by atoms with Crippen molar-refractivity contribution in [3.05, 3.63) is 17.7 Å². The number of nitrogens with two attached hydrogens (primary N) is 1. The third-order valence-electron chi connectivity index (χ3n) is 2.68. The van der Waals surface area contributed by atoms with E-state index < -0.39 is 17.5 Å². The Morgan fingerprint density at radius 2 is 2.10 bits per heavy atom. The summed E-state index contributed by atoms with van der Waals surface area (Å²) in [4.78, 5) is 16.4. The Morgan fingerprint density at radius 3 is 2.65 bits per heavy atom. The number of pyridine rings is 1. The van der Waals surface area contributed by atoms with Crippen molar-refractivity contribution in [3.8, 4) is 0 Å². The van der Waals surface area contributed by atoms with Gasteiger partial charge in [-0.25, -0.2) is 13.8 Å². The smallest absolute Gasteiger partial charge is 0.237 e. The molecule has 0 unspecified atom stereocenters. The fourth-order valence-corrected chi connectivity index (χ4v) is 1.77. The molecule has 0 aliphatic rings. The molecule has 0 spiro atoms. The Kier molecular flexibility index (Phi) is 6.14. The summed E-state index contributed by atoms with van der Waals surface area (Å²) >= 11 is 0. The molecule has 0 saturated heterocycles. The molecule has 7 heteroatoms. The molecule has 0 aliphatic heterocycles. The van der Waals surface area contributed by atoms with Crippen LogP contribution in [-0.2, 0) is 4.79 Å². The van der Waals surface area contributed by atoms with E-state index in [9.17, 15) is 13.6 Å². The number of anilines is 2. The number of halogens is 2. The number of amides is 1. The highest BCUT2D eigenvalue weighted by Gasteiger charge is 2.18. The van der Waals surface area contributed by atoms with Crippen LogP contribution in [0, 0.1) is 11.6 Å². The lowest BCUT2D eigenvalue weighted by molar-refractivity contribution is -0.116. The summed E-state index contributed by atoms with van der Waals surface area (Å²) in [6, 6.07) is 0.764. The van der Waals surface area contributed by atoms with Gasteiger partial charge in [0.25, 0.3) is 0 Å². The van der Waals surface area contributed by atoms with Crippen LogP contribution < -0.4 is 16.0 Å². The summed E-state index contributed by atoms with van der Waals surface area (Å²) in [6.45, 7) is 4.49. The number of carbonyl (C=O) groups excluding carboxylic acids is 1. The highest BCUT2D eigenvalue weighted by atomic mass is 19.1. The molecule has 1 aromatic heterocycles. The predicted molar refractivity (Wildman–Crippen MR) is 74.6 cm³/mol. The van der Waals surface area contributed by atoms with Crippen LogP contribution in [0.15, 0.2) is 6.07 Å². The Hall–Kier alpha value is -1.92. The van der Waals surface area contributed by atoms with Crippen molar-refractivity contribution in [1.29, 1.82) is 0 Å². The van der Waals surface area contributed by atoms with Gasteiger partial charge in [0.15, 0.2) is 23.3 Å². The topological polar surface area (TPSA) is 71.2 Å². The largest absolute Gasteiger partial charge is 0.368 e. The van der Waals surface area contributed by atoms with E-state index in [0.29, 0.717) is 13.1 Å². The molecule has 0 aliphatic carbocycles. The third-order valence-corrected chi connectivity index (χ3v) is 2.68. The molecular formula is C13H20F2N4O. The normalized spacial score (nSPS) is 10.4. The number of carbonyl (C=O) groups is 1. The monoisotopic (exact) mass is 286 g/mol. The number of primary amides is 1. The molecule has 0 bridgehead atoms. The van der Waals surface area contributed by atoms with E-state index in [1.54, 1.807) is 6.92 Å². The second-order valence-electron chi connectivity index (χ2n) is 4.40. The second kappa shape index (κ2) is 7.62. The standard InChI is InChI=1S/C13H20F2N4O/c1-3-5-6-19(8-11(16)20)13-10(15)7-9(14)12(18-13)17-4-2/h7H,3-6,8H2,1-2H3,(H2,16,20)(H,17,18). The van der Waals surface area contributed by atoms with Crippen LogP contribution in [0.2, 0.25) is 0 Å². The number of aromatic nitrogens is 1. The zero-order valence-electron chi connectivity index (χ0n) is 11.7. The minimum Gasteiger partial charge on any atom is -0.368 e. The van der Waals surface area contributed by atoms with Crippen LogP contribution in [0.3, 0.4) is 0 Å². The van der Waals surface area contributed by atoms with Gasteiger partial charge < -0.3 is 16.0 Å². The average Bonchev–Trinajstić information content (AvgIpc) is 2.37. The van der Waals surface area contributed by atoms with Gasteiger partial charge >= 0.3 is 0 Å². The van der Waals surface area contributed by atoms with Crippen molar-refractivity contribution in [2.45, 2.75) is 26.7 Å². The molecule has 1 rings (SSSR count). The van der Waals surface area contributed by atoms with Crippen LogP contribution >= 0.6 is 0 Å². The summed E-state index contributed by atoms with van der Waals surface area (Å²) in [5.74, 6) is -2.25. The van der Waals surface area contributed by atoms with E-state index in [4.69, 9.17) is 5.73 Å². The number of nitrogens with zero attached hydrogens (tertiary/aromatic N) is 2. The van der Waals surface area contributed by atoms with Crippen LogP contribution in [0.1, 0.15) is 26.7 Å². The van der Waals surface area contributed by atoms with Crippen LogP contribution in [0.5, 0.6) is 0 Å². The zero-order valence-corrected chi connectivity index (χ0v) is 11.7. The van der Waals surface area contributed by atoms with E-state index in [0.717, 1.165) is 18.9 Å². The van der Waals surface area contributed by atoms with Crippen LogP contribution in [-0.4, -0.2) is 30.5 Å². The number of nitrogens with one attached hydrogen (secondary N) is 1. The van der Waals surface area contributed by atoms with Crippen molar-refractivity contribution >= 4 is 17.5 Å². The van der Waals surface area contributed by atoms with E-state index >= 15 is 0 Å². The maximum Gasteiger partial charge on any atom is 0.237 e. The quantitative estimate of drug-likeness (QED) is 0.765. The first-order chi connectivity index (χ1) is 9.49. The van der Waals surface area contributed by atoms with Gasteiger partial charge in [-0.3, -0.25) is 4.79 Å². The van der Waals surface area contributed by atoms with Crippen molar-refractivity contribution in [1.82, 2.24) is 4.98 Å². The fraction of sp³-hybridized carbons (Fsp3) is 0.538. The zero-order chi connectivity index (χ0) is 15.1. The van der Waals surface area contributed by atoms with Crippen molar-refractivity contribution in [2.24, 2.45) is 5.73 Å². The summed E-state index contributed by atoms with van der Waals surface area (Å²) in [5.41, 5.74) is 5.16.